The van der Waals surface area contributed by atoms with Crippen LogP contribution in [0.15, 0.2) is 5.10 Å². The SMILES string of the molecule is CC1(C(=O)O)CCCC1NC(=O)C1=NNC(=O)CC1. The predicted octanol–water partition coefficient (Wildman–Crippen LogP) is 0.0120. The summed E-state index contributed by atoms with van der Waals surface area (Å²) in [4.78, 5) is 34.2. The summed E-state index contributed by atoms with van der Waals surface area (Å²) in [7, 11) is 0. The first-order chi connectivity index (χ1) is 8.93. The van der Waals surface area contributed by atoms with Gasteiger partial charge in [0.1, 0.15) is 5.71 Å². The second-order valence-corrected chi connectivity index (χ2v) is 5.23. The second kappa shape index (κ2) is 4.99. The van der Waals surface area contributed by atoms with Crippen molar-refractivity contribution in [2.45, 2.75) is 45.1 Å². The molecule has 1 heterocycles. The Morgan fingerprint density at radius 2 is 2.21 bits per heavy atom. The fourth-order valence-electron chi connectivity index (χ4n) is 2.53. The summed E-state index contributed by atoms with van der Waals surface area (Å²) in [6, 6.07) is -0.391. The Kier molecular flexibility index (Phi) is 3.55. The Bertz CT molecular complexity index is 460. The fraction of sp³-hybridized carbons (Fsp3) is 0.667. The number of carboxylic acids is 1. The quantitative estimate of drug-likeness (QED) is 0.669. The topological polar surface area (TPSA) is 108 Å². The molecule has 0 aromatic rings. The Morgan fingerprint density at radius 1 is 1.47 bits per heavy atom. The van der Waals surface area contributed by atoms with Crippen molar-refractivity contribution in [1.29, 1.82) is 0 Å². The molecule has 0 aromatic carbocycles. The Labute approximate surface area is 110 Å². The predicted molar refractivity (Wildman–Crippen MR) is 66.3 cm³/mol. The number of hydrogen-bond donors (Lipinski definition) is 3. The maximum Gasteiger partial charge on any atom is 0.311 e. The van der Waals surface area contributed by atoms with Gasteiger partial charge in [0, 0.05) is 18.9 Å². The van der Waals surface area contributed by atoms with E-state index in [0.717, 1.165) is 6.42 Å². The third kappa shape index (κ3) is 2.59. The Hall–Kier alpha value is -1.92. The van der Waals surface area contributed by atoms with Crippen molar-refractivity contribution in [3.05, 3.63) is 0 Å². The van der Waals surface area contributed by atoms with Gasteiger partial charge < -0.3 is 10.4 Å². The molecule has 7 nitrogen and oxygen atoms in total. The number of hydrogen-bond acceptors (Lipinski definition) is 4. The monoisotopic (exact) mass is 267 g/mol. The average molecular weight is 267 g/mol. The number of carboxylic acid groups (broad SMARTS) is 1. The van der Waals surface area contributed by atoms with Crippen molar-refractivity contribution in [3.8, 4) is 0 Å². The second-order valence-electron chi connectivity index (χ2n) is 5.23. The average Bonchev–Trinajstić information content (AvgIpc) is 2.73. The van der Waals surface area contributed by atoms with Crippen LogP contribution >= 0.6 is 0 Å². The van der Waals surface area contributed by atoms with E-state index in [1.165, 1.54) is 0 Å². The lowest BCUT2D eigenvalue weighted by Gasteiger charge is -2.28. The molecule has 2 amide bonds. The molecule has 2 atom stereocenters. The van der Waals surface area contributed by atoms with Gasteiger partial charge >= 0.3 is 5.97 Å². The lowest BCUT2D eigenvalue weighted by molar-refractivity contribution is -0.148. The summed E-state index contributed by atoms with van der Waals surface area (Å²) >= 11 is 0. The number of nitrogens with one attached hydrogen (secondary N) is 2. The molecule has 1 saturated carbocycles. The van der Waals surface area contributed by atoms with Gasteiger partial charge in [0.05, 0.1) is 5.41 Å². The van der Waals surface area contributed by atoms with Gasteiger partial charge in [-0.3, -0.25) is 14.4 Å². The normalized spacial score (nSPS) is 30.5. The number of rotatable bonds is 3. The Balaban J connectivity index is 2.03. The van der Waals surface area contributed by atoms with Crippen LogP contribution in [0.5, 0.6) is 0 Å². The molecular formula is C12H17N3O4. The van der Waals surface area contributed by atoms with Crippen LogP contribution in [0.1, 0.15) is 39.0 Å². The molecule has 19 heavy (non-hydrogen) atoms. The number of amides is 2. The third-order valence-electron chi connectivity index (χ3n) is 3.92. The highest BCUT2D eigenvalue weighted by molar-refractivity contribution is 6.39. The van der Waals surface area contributed by atoms with E-state index in [9.17, 15) is 19.5 Å². The first kappa shape index (κ1) is 13.5. The summed E-state index contributed by atoms with van der Waals surface area (Å²) in [5.41, 5.74) is 1.58. The molecule has 0 aromatic heterocycles. The summed E-state index contributed by atoms with van der Waals surface area (Å²) in [5, 5.41) is 15.7. The molecule has 0 bridgehead atoms. The fourth-order valence-corrected chi connectivity index (χ4v) is 2.53. The lowest BCUT2D eigenvalue weighted by atomic mass is 9.85. The first-order valence-electron chi connectivity index (χ1n) is 6.33. The number of hydrazone groups is 1. The largest absolute Gasteiger partial charge is 0.481 e. The van der Waals surface area contributed by atoms with E-state index in [-0.39, 0.29) is 30.4 Å². The summed E-state index contributed by atoms with van der Waals surface area (Å²) in [6.07, 6.45) is 2.49. The van der Waals surface area contributed by atoms with Gasteiger partial charge in [0.2, 0.25) is 5.91 Å². The van der Waals surface area contributed by atoms with Crippen LogP contribution in [-0.4, -0.2) is 34.6 Å². The van der Waals surface area contributed by atoms with E-state index >= 15 is 0 Å². The highest BCUT2D eigenvalue weighted by Crippen LogP contribution is 2.38. The smallest absolute Gasteiger partial charge is 0.311 e. The van der Waals surface area contributed by atoms with Gasteiger partial charge in [0.25, 0.3) is 5.91 Å². The van der Waals surface area contributed by atoms with Gasteiger partial charge in [0.15, 0.2) is 0 Å². The van der Waals surface area contributed by atoms with Crippen LogP contribution in [-0.2, 0) is 14.4 Å². The van der Waals surface area contributed by atoms with Crippen LogP contribution in [0.3, 0.4) is 0 Å². The van der Waals surface area contributed by atoms with Crippen molar-refractivity contribution in [3.63, 3.8) is 0 Å². The van der Waals surface area contributed by atoms with Crippen molar-refractivity contribution in [2.24, 2.45) is 10.5 Å². The number of carbonyl (C=O) groups is 3. The molecule has 1 aliphatic carbocycles. The minimum atomic E-state index is -0.922. The Morgan fingerprint density at radius 3 is 2.79 bits per heavy atom. The maximum atomic E-state index is 12.0. The molecule has 2 aliphatic rings. The number of aliphatic carboxylic acids is 1. The van der Waals surface area contributed by atoms with Gasteiger partial charge in [-0.1, -0.05) is 6.42 Å². The standard InChI is InChI=1S/C12H17N3O4/c1-12(11(18)19)6-2-3-8(12)13-10(17)7-4-5-9(16)15-14-7/h8H,2-6H2,1H3,(H,13,17)(H,15,16)(H,18,19). The van der Waals surface area contributed by atoms with Crippen LogP contribution < -0.4 is 10.7 Å². The van der Waals surface area contributed by atoms with Gasteiger partial charge in [-0.25, -0.2) is 5.43 Å². The van der Waals surface area contributed by atoms with Crippen LogP contribution in [0.2, 0.25) is 0 Å². The van der Waals surface area contributed by atoms with Gasteiger partial charge in [-0.2, -0.15) is 5.10 Å². The molecule has 0 spiro atoms. The molecule has 2 unspecified atom stereocenters. The van der Waals surface area contributed by atoms with E-state index in [1.54, 1.807) is 6.92 Å². The molecule has 3 N–H and O–H groups in total. The van der Waals surface area contributed by atoms with E-state index in [2.05, 4.69) is 15.8 Å². The van der Waals surface area contributed by atoms with E-state index in [0.29, 0.717) is 12.8 Å². The zero-order valence-corrected chi connectivity index (χ0v) is 10.7. The molecular weight excluding hydrogens is 250 g/mol. The molecule has 2 rings (SSSR count). The van der Waals surface area contributed by atoms with Crippen molar-refractivity contribution in [1.82, 2.24) is 10.7 Å². The molecule has 0 radical (unpaired) electrons. The molecule has 0 saturated heterocycles. The third-order valence-corrected chi connectivity index (χ3v) is 3.92. The summed E-state index contributed by atoms with van der Waals surface area (Å²) in [5.74, 6) is -1.50. The molecule has 104 valence electrons. The molecule has 1 fully saturated rings. The van der Waals surface area contributed by atoms with Crippen molar-refractivity contribution < 1.29 is 19.5 Å². The zero-order valence-electron chi connectivity index (χ0n) is 10.7. The summed E-state index contributed by atoms with van der Waals surface area (Å²) in [6.45, 7) is 1.65. The van der Waals surface area contributed by atoms with E-state index in [1.807, 2.05) is 0 Å². The van der Waals surface area contributed by atoms with Crippen molar-refractivity contribution >= 4 is 23.5 Å². The number of carbonyl (C=O) groups excluding carboxylic acids is 2. The first-order valence-corrected chi connectivity index (χ1v) is 6.33. The van der Waals surface area contributed by atoms with Crippen LogP contribution in [0.25, 0.3) is 0 Å². The maximum absolute atomic E-state index is 12.0. The molecule has 7 heteroatoms. The van der Waals surface area contributed by atoms with Gasteiger partial charge in [-0.05, 0) is 19.8 Å². The van der Waals surface area contributed by atoms with E-state index < -0.39 is 17.4 Å². The minimum Gasteiger partial charge on any atom is -0.481 e. The van der Waals surface area contributed by atoms with Crippen molar-refractivity contribution in [2.75, 3.05) is 0 Å². The lowest BCUT2D eigenvalue weighted by Crippen LogP contribution is -2.49. The zero-order chi connectivity index (χ0) is 14.0. The summed E-state index contributed by atoms with van der Waals surface area (Å²) < 4.78 is 0. The number of nitrogens with zero attached hydrogens (tertiary/aromatic N) is 1. The van der Waals surface area contributed by atoms with E-state index in [4.69, 9.17) is 0 Å². The molecule has 1 aliphatic heterocycles. The minimum absolute atomic E-state index is 0.215. The van der Waals surface area contributed by atoms with Crippen LogP contribution in [0, 0.1) is 5.41 Å². The van der Waals surface area contributed by atoms with Gasteiger partial charge in [-0.15, -0.1) is 0 Å². The highest BCUT2D eigenvalue weighted by atomic mass is 16.4. The highest BCUT2D eigenvalue weighted by Gasteiger charge is 2.46. The van der Waals surface area contributed by atoms with Crippen LogP contribution in [0.4, 0.5) is 0 Å².